The zero-order valence-electron chi connectivity index (χ0n) is 17.3. The standard InChI is InChI=1S/C23H26N4O3.ClH/c28-21(16-30-14-13-27-11-4-1-5-12-27)24-18-8-6-7-17(15-18)22-19-9-2-3-10-20(19)23(29)26-25-22;/h2-3,6-10,15H,1,4-5,11-14,16H2,(H,24,28)(H,26,29);1H. The lowest BCUT2D eigenvalue weighted by molar-refractivity contribution is -0.120. The fourth-order valence-electron chi connectivity index (χ4n) is 3.82. The van der Waals surface area contributed by atoms with Crippen LogP contribution in [0.1, 0.15) is 19.3 Å². The first-order valence-corrected chi connectivity index (χ1v) is 10.4. The third kappa shape index (κ3) is 5.91. The fraction of sp³-hybridized carbons (Fsp3) is 0.348. The van der Waals surface area contributed by atoms with Gasteiger partial charge in [0.25, 0.3) is 5.56 Å². The summed E-state index contributed by atoms with van der Waals surface area (Å²) in [5.41, 5.74) is 1.92. The van der Waals surface area contributed by atoms with E-state index in [-0.39, 0.29) is 30.5 Å². The third-order valence-corrected chi connectivity index (χ3v) is 5.35. The van der Waals surface area contributed by atoms with Crippen LogP contribution in [0.4, 0.5) is 5.69 Å². The lowest BCUT2D eigenvalue weighted by atomic mass is 10.0. The Morgan fingerprint density at radius 3 is 2.65 bits per heavy atom. The van der Waals surface area contributed by atoms with Crippen LogP contribution in [-0.2, 0) is 9.53 Å². The van der Waals surface area contributed by atoms with E-state index in [1.807, 2.05) is 42.5 Å². The highest BCUT2D eigenvalue weighted by Crippen LogP contribution is 2.26. The van der Waals surface area contributed by atoms with Gasteiger partial charge in [-0.2, -0.15) is 5.10 Å². The van der Waals surface area contributed by atoms with Crippen molar-refractivity contribution in [2.45, 2.75) is 19.3 Å². The second-order valence-electron chi connectivity index (χ2n) is 7.53. The number of fused-ring (bicyclic) bond motifs is 1. The van der Waals surface area contributed by atoms with Gasteiger partial charge >= 0.3 is 0 Å². The Bertz CT molecular complexity index is 1080. The predicted molar refractivity (Wildman–Crippen MR) is 125 cm³/mol. The van der Waals surface area contributed by atoms with Gasteiger partial charge in [-0.15, -0.1) is 12.4 Å². The summed E-state index contributed by atoms with van der Waals surface area (Å²) in [5.74, 6) is -0.190. The maximum Gasteiger partial charge on any atom is 0.272 e. The number of aromatic nitrogens is 2. The van der Waals surface area contributed by atoms with Gasteiger partial charge in [-0.05, 0) is 44.1 Å². The van der Waals surface area contributed by atoms with Crippen LogP contribution < -0.4 is 10.9 Å². The number of aromatic amines is 1. The van der Waals surface area contributed by atoms with Crippen LogP contribution in [0.3, 0.4) is 0 Å². The summed E-state index contributed by atoms with van der Waals surface area (Å²) in [5, 5.41) is 11.0. The first-order chi connectivity index (χ1) is 14.7. The number of nitrogens with zero attached hydrogens (tertiary/aromatic N) is 2. The van der Waals surface area contributed by atoms with E-state index in [4.69, 9.17) is 4.74 Å². The van der Waals surface area contributed by atoms with E-state index < -0.39 is 0 Å². The van der Waals surface area contributed by atoms with Crippen LogP contribution in [0.5, 0.6) is 0 Å². The Hall–Kier alpha value is -2.74. The van der Waals surface area contributed by atoms with Gasteiger partial charge in [0, 0.05) is 23.2 Å². The molecule has 4 rings (SSSR count). The van der Waals surface area contributed by atoms with Crippen LogP contribution in [0.15, 0.2) is 53.3 Å². The first-order valence-electron chi connectivity index (χ1n) is 10.4. The van der Waals surface area contributed by atoms with Crippen molar-refractivity contribution in [3.8, 4) is 11.3 Å². The largest absolute Gasteiger partial charge is 0.370 e. The lowest BCUT2D eigenvalue weighted by Gasteiger charge is -2.26. The molecule has 0 aliphatic carbocycles. The maximum atomic E-state index is 12.3. The molecule has 3 aromatic rings. The van der Waals surface area contributed by atoms with Gasteiger partial charge in [-0.3, -0.25) is 9.59 Å². The lowest BCUT2D eigenvalue weighted by Crippen LogP contribution is -2.33. The number of anilines is 1. The highest BCUT2D eigenvalue weighted by atomic mass is 35.5. The molecule has 0 saturated carbocycles. The van der Waals surface area contributed by atoms with E-state index in [0.717, 1.165) is 30.6 Å². The van der Waals surface area contributed by atoms with Gasteiger partial charge in [-0.25, -0.2) is 5.10 Å². The molecule has 0 bridgehead atoms. The predicted octanol–water partition coefficient (Wildman–Crippen LogP) is 3.45. The quantitative estimate of drug-likeness (QED) is 0.547. The van der Waals surface area contributed by atoms with E-state index >= 15 is 0 Å². The summed E-state index contributed by atoms with van der Waals surface area (Å²) < 4.78 is 5.55. The average molecular weight is 443 g/mol. The van der Waals surface area contributed by atoms with E-state index in [1.165, 1.54) is 19.3 Å². The average Bonchev–Trinajstić information content (AvgIpc) is 2.78. The molecule has 2 heterocycles. The first kappa shape index (κ1) is 22.9. The molecule has 8 heteroatoms. The molecule has 0 unspecified atom stereocenters. The van der Waals surface area contributed by atoms with Crippen molar-refractivity contribution >= 4 is 34.8 Å². The van der Waals surface area contributed by atoms with E-state index in [0.29, 0.717) is 23.4 Å². The molecule has 0 spiro atoms. The SMILES string of the molecule is Cl.O=C(COCCN1CCCCC1)Nc1cccc(-c2n[nH]c(=O)c3ccccc23)c1. The molecule has 2 aromatic carbocycles. The minimum absolute atomic E-state index is 0. The van der Waals surface area contributed by atoms with Crippen molar-refractivity contribution in [1.82, 2.24) is 15.1 Å². The molecule has 1 saturated heterocycles. The molecule has 1 aromatic heterocycles. The number of ether oxygens (including phenoxy) is 1. The summed E-state index contributed by atoms with van der Waals surface area (Å²) in [6.07, 6.45) is 3.80. The van der Waals surface area contributed by atoms with Crippen molar-refractivity contribution in [2.24, 2.45) is 0 Å². The van der Waals surface area contributed by atoms with Crippen molar-refractivity contribution in [3.63, 3.8) is 0 Å². The number of benzene rings is 2. The monoisotopic (exact) mass is 442 g/mol. The number of hydrogen-bond acceptors (Lipinski definition) is 5. The number of likely N-dealkylation sites (tertiary alicyclic amines) is 1. The molecule has 1 amide bonds. The number of carbonyl (C=O) groups is 1. The molecule has 2 N–H and O–H groups in total. The van der Waals surface area contributed by atoms with Crippen LogP contribution >= 0.6 is 12.4 Å². The van der Waals surface area contributed by atoms with Crippen LogP contribution in [0.2, 0.25) is 0 Å². The zero-order chi connectivity index (χ0) is 20.8. The zero-order valence-corrected chi connectivity index (χ0v) is 18.1. The molecule has 1 aliphatic heterocycles. The van der Waals surface area contributed by atoms with E-state index in [9.17, 15) is 9.59 Å². The van der Waals surface area contributed by atoms with Crippen LogP contribution in [0.25, 0.3) is 22.0 Å². The summed E-state index contributed by atoms with van der Waals surface area (Å²) in [6.45, 7) is 3.69. The number of piperidine rings is 1. The molecular weight excluding hydrogens is 416 g/mol. The van der Waals surface area contributed by atoms with Gasteiger partial charge in [0.2, 0.25) is 5.91 Å². The smallest absolute Gasteiger partial charge is 0.272 e. The number of H-pyrrole nitrogens is 1. The van der Waals surface area contributed by atoms with Gasteiger partial charge in [0.15, 0.2) is 0 Å². The van der Waals surface area contributed by atoms with E-state index in [2.05, 4.69) is 20.4 Å². The van der Waals surface area contributed by atoms with Gasteiger partial charge in [0.05, 0.1) is 17.7 Å². The summed E-state index contributed by atoms with van der Waals surface area (Å²) in [7, 11) is 0. The minimum Gasteiger partial charge on any atom is -0.370 e. The highest BCUT2D eigenvalue weighted by molar-refractivity contribution is 5.96. The van der Waals surface area contributed by atoms with Crippen molar-refractivity contribution in [1.29, 1.82) is 0 Å². The summed E-state index contributed by atoms with van der Waals surface area (Å²) in [6, 6.07) is 14.8. The third-order valence-electron chi connectivity index (χ3n) is 5.35. The molecule has 7 nitrogen and oxygen atoms in total. The topological polar surface area (TPSA) is 87.3 Å². The minimum atomic E-state index is -0.222. The Balaban J connectivity index is 0.00000272. The number of amides is 1. The Labute approximate surface area is 187 Å². The molecule has 31 heavy (non-hydrogen) atoms. The molecule has 1 aliphatic rings. The number of nitrogens with one attached hydrogen (secondary N) is 2. The Morgan fingerprint density at radius 1 is 1.06 bits per heavy atom. The molecule has 1 fully saturated rings. The van der Waals surface area contributed by atoms with Gasteiger partial charge in [-0.1, -0.05) is 36.8 Å². The number of hydrogen-bond donors (Lipinski definition) is 2. The number of rotatable bonds is 7. The maximum absolute atomic E-state index is 12.3. The van der Waals surface area contributed by atoms with Gasteiger partial charge in [0.1, 0.15) is 6.61 Å². The van der Waals surface area contributed by atoms with Gasteiger partial charge < -0.3 is 15.0 Å². The van der Waals surface area contributed by atoms with Crippen molar-refractivity contribution in [3.05, 3.63) is 58.9 Å². The van der Waals surface area contributed by atoms with Crippen molar-refractivity contribution < 1.29 is 9.53 Å². The summed E-state index contributed by atoms with van der Waals surface area (Å²) in [4.78, 5) is 26.6. The van der Waals surface area contributed by atoms with Crippen LogP contribution in [0, 0.1) is 0 Å². The van der Waals surface area contributed by atoms with Crippen molar-refractivity contribution in [2.75, 3.05) is 38.2 Å². The fourth-order valence-corrected chi connectivity index (χ4v) is 3.82. The Morgan fingerprint density at radius 2 is 1.84 bits per heavy atom. The normalized spacial score (nSPS) is 14.2. The Kier molecular flexibility index (Phi) is 8.17. The molecular formula is C23H27ClN4O3. The molecule has 0 radical (unpaired) electrons. The summed E-state index contributed by atoms with van der Waals surface area (Å²) >= 11 is 0. The second-order valence-corrected chi connectivity index (χ2v) is 7.53. The second kappa shape index (κ2) is 11.0. The molecule has 0 atom stereocenters. The highest BCUT2D eigenvalue weighted by Gasteiger charge is 2.11. The van der Waals surface area contributed by atoms with Crippen LogP contribution in [-0.4, -0.2) is 53.9 Å². The van der Waals surface area contributed by atoms with E-state index in [1.54, 1.807) is 6.07 Å². The number of carbonyl (C=O) groups excluding carboxylic acids is 1. The number of halogens is 1. The molecule has 164 valence electrons.